The molecule has 1 aliphatic rings. The van der Waals surface area contributed by atoms with Crippen molar-refractivity contribution < 1.29 is 14.0 Å². The number of nitrogens with zero attached hydrogens (tertiary/aromatic N) is 2. The Morgan fingerprint density at radius 2 is 1.76 bits per heavy atom. The molecule has 2 rings (SSSR count). The molecule has 5 nitrogen and oxygen atoms in total. The van der Waals surface area contributed by atoms with E-state index in [-0.39, 0.29) is 22.8 Å². The number of hydrogen-bond acceptors (Lipinski definition) is 3. The van der Waals surface area contributed by atoms with Gasteiger partial charge in [-0.25, -0.2) is 0 Å². The van der Waals surface area contributed by atoms with Crippen LogP contribution in [-0.4, -0.2) is 47.8 Å². The normalized spacial score (nSPS) is 16.1. The summed E-state index contributed by atoms with van der Waals surface area (Å²) in [5.41, 5.74) is 0. The lowest BCUT2D eigenvalue weighted by atomic mass is 10.3. The van der Waals surface area contributed by atoms with Crippen molar-refractivity contribution in [2.24, 2.45) is 0 Å². The molecule has 17 heavy (non-hydrogen) atoms. The second-order valence-corrected chi connectivity index (χ2v) is 4.27. The Kier molecular flexibility index (Phi) is 3.38. The molecule has 0 aromatic carbocycles. The lowest BCUT2D eigenvalue weighted by Crippen LogP contribution is -2.50. The number of piperazine rings is 1. The van der Waals surface area contributed by atoms with Gasteiger partial charge in [0.25, 0.3) is 5.91 Å². The second kappa shape index (κ2) is 4.79. The number of halogens is 1. The van der Waals surface area contributed by atoms with Crippen LogP contribution in [0.25, 0.3) is 0 Å². The van der Waals surface area contributed by atoms with Crippen molar-refractivity contribution >= 4 is 23.4 Å². The fraction of sp³-hybridized carbons (Fsp3) is 0.455. The van der Waals surface area contributed by atoms with E-state index in [2.05, 4.69) is 0 Å². The smallest absolute Gasteiger partial charge is 0.289 e. The molecule has 0 atom stereocenters. The highest BCUT2D eigenvalue weighted by Gasteiger charge is 2.24. The topological polar surface area (TPSA) is 53.8 Å². The summed E-state index contributed by atoms with van der Waals surface area (Å²) in [6.07, 6.45) is 0. The predicted molar refractivity (Wildman–Crippen MR) is 61.9 cm³/mol. The van der Waals surface area contributed by atoms with Crippen molar-refractivity contribution in [1.29, 1.82) is 0 Å². The van der Waals surface area contributed by atoms with Crippen molar-refractivity contribution in [1.82, 2.24) is 9.80 Å². The highest BCUT2D eigenvalue weighted by Crippen LogP contribution is 2.16. The van der Waals surface area contributed by atoms with Gasteiger partial charge in [0.2, 0.25) is 5.91 Å². The van der Waals surface area contributed by atoms with Crippen LogP contribution in [0.4, 0.5) is 0 Å². The van der Waals surface area contributed by atoms with Crippen LogP contribution in [0.1, 0.15) is 17.5 Å². The summed E-state index contributed by atoms with van der Waals surface area (Å²) in [4.78, 5) is 26.5. The van der Waals surface area contributed by atoms with Gasteiger partial charge in [0.15, 0.2) is 11.0 Å². The molecule has 0 aliphatic carbocycles. The molecule has 1 aromatic rings. The number of rotatable bonds is 1. The highest BCUT2D eigenvalue weighted by molar-refractivity contribution is 6.29. The SMILES string of the molecule is CC(=O)N1CCN(C(=O)c2ccc(Cl)o2)CC1. The number of carbonyl (C=O) groups is 2. The fourth-order valence-electron chi connectivity index (χ4n) is 1.81. The summed E-state index contributed by atoms with van der Waals surface area (Å²) in [7, 11) is 0. The van der Waals surface area contributed by atoms with Crippen molar-refractivity contribution in [3.8, 4) is 0 Å². The number of hydrogen-bond donors (Lipinski definition) is 0. The van der Waals surface area contributed by atoms with Gasteiger partial charge in [0.1, 0.15) is 0 Å². The van der Waals surface area contributed by atoms with Crippen LogP contribution in [0, 0.1) is 0 Å². The standard InChI is InChI=1S/C11H13ClN2O3/c1-8(15)13-4-6-14(7-5-13)11(16)9-2-3-10(12)17-9/h2-3H,4-7H2,1H3. The quantitative estimate of drug-likeness (QED) is 0.760. The fourth-order valence-corrected chi connectivity index (χ4v) is 1.96. The van der Waals surface area contributed by atoms with Crippen LogP contribution in [-0.2, 0) is 4.79 Å². The van der Waals surface area contributed by atoms with Crippen molar-refractivity contribution in [2.75, 3.05) is 26.2 Å². The van der Waals surface area contributed by atoms with Crippen LogP contribution < -0.4 is 0 Å². The van der Waals surface area contributed by atoms with Gasteiger partial charge in [-0.3, -0.25) is 9.59 Å². The van der Waals surface area contributed by atoms with E-state index in [0.717, 1.165) is 0 Å². The van der Waals surface area contributed by atoms with E-state index >= 15 is 0 Å². The van der Waals surface area contributed by atoms with Gasteiger partial charge in [-0.1, -0.05) is 0 Å². The first-order valence-electron chi connectivity index (χ1n) is 5.38. The molecule has 0 bridgehead atoms. The Balaban J connectivity index is 1.97. The summed E-state index contributed by atoms with van der Waals surface area (Å²) in [6.45, 7) is 3.71. The van der Waals surface area contributed by atoms with Gasteiger partial charge in [-0.05, 0) is 23.7 Å². The zero-order valence-electron chi connectivity index (χ0n) is 9.48. The third-order valence-corrected chi connectivity index (χ3v) is 3.00. The first kappa shape index (κ1) is 12.0. The molecule has 1 aromatic heterocycles. The maximum absolute atomic E-state index is 12.0. The van der Waals surface area contributed by atoms with Gasteiger partial charge < -0.3 is 14.2 Å². The third-order valence-electron chi connectivity index (χ3n) is 2.80. The van der Waals surface area contributed by atoms with Crippen LogP contribution in [0.15, 0.2) is 16.5 Å². The van der Waals surface area contributed by atoms with Gasteiger partial charge in [-0.15, -0.1) is 0 Å². The lowest BCUT2D eigenvalue weighted by Gasteiger charge is -2.33. The molecule has 1 aliphatic heterocycles. The summed E-state index contributed by atoms with van der Waals surface area (Å²) in [6, 6.07) is 3.10. The Hall–Kier alpha value is -1.49. The summed E-state index contributed by atoms with van der Waals surface area (Å²) >= 11 is 5.62. The average molecular weight is 257 g/mol. The number of carbonyl (C=O) groups excluding carboxylic acids is 2. The van der Waals surface area contributed by atoms with E-state index in [1.165, 1.54) is 6.92 Å². The molecule has 0 spiro atoms. The summed E-state index contributed by atoms with van der Waals surface area (Å²) in [5.74, 6) is 0.101. The van der Waals surface area contributed by atoms with E-state index < -0.39 is 0 Å². The number of amides is 2. The highest BCUT2D eigenvalue weighted by atomic mass is 35.5. The van der Waals surface area contributed by atoms with E-state index in [4.69, 9.17) is 16.0 Å². The zero-order valence-corrected chi connectivity index (χ0v) is 10.2. The monoisotopic (exact) mass is 256 g/mol. The van der Waals surface area contributed by atoms with Gasteiger partial charge in [-0.2, -0.15) is 0 Å². The molecule has 6 heteroatoms. The van der Waals surface area contributed by atoms with E-state index in [1.54, 1.807) is 21.9 Å². The molecule has 0 N–H and O–H groups in total. The first-order valence-corrected chi connectivity index (χ1v) is 5.76. The lowest BCUT2D eigenvalue weighted by molar-refractivity contribution is -0.130. The van der Waals surface area contributed by atoms with E-state index in [9.17, 15) is 9.59 Å². The van der Waals surface area contributed by atoms with Gasteiger partial charge in [0.05, 0.1) is 0 Å². The van der Waals surface area contributed by atoms with E-state index in [0.29, 0.717) is 26.2 Å². The second-order valence-electron chi connectivity index (χ2n) is 3.90. The van der Waals surface area contributed by atoms with Crippen LogP contribution in [0.2, 0.25) is 5.22 Å². The minimum absolute atomic E-state index is 0.0399. The Morgan fingerprint density at radius 3 is 2.24 bits per heavy atom. The molecule has 2 amide bonds. The molecular weight excluding hydrogens is 244 g/mol. The average Bonchev–Trinajstić information content (AvgIpc) is 2.75. The van der Waals surface area contributed by atoms with Crippen LogP contribution >= 0.6 is 11.6 Å². The Bertz CT molecular complexity index is 436. The zero-order chi connectivity index (χ0) is 12.4. The maximum atomic E-state index is 12.0. The van der Waals surface area contributed by atoms with Crippen molar-refractivity contribution in [3.05, 3.63) is 23.1 Å². The Morgan fingerprint density at radius 1 is 1.18 bits per heavy atom. The van der Waals surface area contributed by atoms with Crippen molar-refractivity contribution in [3.63, 3.8) is 0 Å². The third kappa shape index (κ3) is 2.61. The van der Waals surface area contributed by atoms with Gasteiger partial charge in [0, 0.05) is 33.1 Å². The molecule has 0 unspecified atom stereocenters. The minimum Gasteiger partial charge on any atom is -0.440 e. The van der Waals surface area contributed by atoms with Crippen molar-refractivity contribution in [2.45, 2.75) is 6.92 Å². The molecule has 92 valence electrons. The maximum Gasteiger partial charge on any atom is 0.289 e. The largest absolute Gasteiger partial charge is 0.440 e. The van der Waals surface area contributed by atoms with E-state index in [1.807, 2.05) is 0 Å². The van der Waals surface area contributed by atoms with Crippen LogP contribution in [0.5, 0.6) is 0 Å². The molecule has 2 heterocycles. The summed E-state index contributed by atoms with van der Waals surface area (Å²) in [5, 5.41) is 0.204. The Labute approximate surface area is 104 Å². The molecule has 1 saturated heterocycles. The first-order chi connectivity index (χ1) is 8.08. The van der Waals surface area contributed by atoms with Gasteiger partial charge >= 0.3 is 0 Å². The number of furan rings is 1. The summed E-state index contributed by atoms with van der Waals surface area (Å²) < 4.78 is 5.07. The molecule has 0 radical (unpaired) electrons. The predicted octanol–water partition coefficient (Wildman–Crippen LogP) is 1.24. The molecule has 0 saturated carbocycles. The van der Waals surface area contributed by atoms with Crippen LogP contribution in [0.3, 0.4) is 0 Å². The minimum atomic E-state index is -0.180. The molecule has 1 fully saturated rings. The molecular formula is C11H13ClN2O3.